The highest BCUT2D eigenvalue weighted by Crippen LogP contribution is 2.19. The zero-order valence-electron chi connectivity index (χ0n) is 27.4. The molecule has 0 aliphatic carbocycles. The van der Waals surface area contributed by atoms with E-state index in [0.717, 1.165) is 0 Å². The second-order valence-electron chi connectivity index (χ2n) is 12.7. The summed E-state index contributed by atoms with van der Waals surface area (Å²) in [5, 5.41) is 8.37. The van der Waals surface area contributed by atoms with Crippen LogP contribution in [0.3, 0.4) is 0 Å². The third kappa shape index (κ3) is 14.1. The van der Waals surface area contributed by atoms with Crippen molar-refractivity contribution in [2.24, 2.45) is 11.8 Å². The van der Waals surface area contributed by atoms with E-state index in [0.29, 0.717) is 18.5 Å². The van der Waals surface area contributed by atoms with Crippen LogP contribution in [0, 0.1) is 11.8 Å². The molecule has 0 spiro atoms. The molecule has 12 nitrogen and oxygen atoms in total. The van der Waals surface area contributed by atoms with Crippen molar-refractivity contribution in [3.05, 3.63) is 48.0 Å². The Labute approximate surface area is 267 Å². The van der Waals surface area contributed by atoms with Crippen LogP contribution in [-0.4, -0.2) is 75.1 Å². The third-order valence-corrected chi connectivity index (χ3v) is 8.24. The monoisotopic (exact) mass is 650 g/mol. The number of carbonyl (C=O) groups is 4. The molecule has 2 rings (SSSR count). The molecule has 1 heterocycles. The summed E-state index contributed by atoms with van der Waals surface area (Å²) in [5.74, 6) is -2.71. The van der Waals surface area contributed by atoms with Gasteiger partial charge in [-0.2, -0.15) is 4.72 Å². The van der Waals surface area contributed by atoms with Crippen LogP contribution < -0.4 is 20.7 Å². The lowest BCUT2D eigenvalue weighted by Gasteiger charge is -2.32. The fourth-order valence-corrected chi connectivity index (χ4v) is 6.41. The summed E-state index contributed by atoms with van der Waals surface area (Å²) in [5.41, 5.74) is -0.147. The molecular weight excluding hydrogens is 600 g/mol. The summed E-state index contributed by atoms with van der Waals surface area (Å²) in [6, 6.07) is 5.49. The van der Waals surface area contributed by atoms with Crippen LogP contribution in [0.1, 0.15) is 73.3 Å². The number of esters is 1. The van der Waals surface area contributed by atoms with Crippen molar-refractivity contribution >= 4 is 33.7 Å². The molecule has 1 fully saturated rings. The van der Waals surface area contributed by atoms with Gasteiger partial charge < -0.3 is 25.4 Å². The number of amides is 3. The van der Waals surface area contributed by atoms with E-state index in [4.69, 9.17) is 9.47 Å². The van der Waals surface area contributed by atoms with E-state index < -0.39 is 57.6 Å². The second kappa shape index (κ2) is 17.4. The maximum Gasteiger partial charge on any atom is 0.330 e. The smallest absolute Gasteiger partial charge is 0.330 e. The van der Waals surface area contributed by atoms with Crippen molar-refractivity contribution < 1.29 is 37.1 Å². The van der Waals surface area contributed by atoms with Gasteiger partial charge in [-0.3, -0.25) is 14.4 Å². The summed E-state index contributed by atoms with van der Waals surface area (Å²) in [6.45, 7) is 13.1. The fourth-order valence-electron chi connectivity index (χ4n) is 5.01. The molecule has 13 heteroatoms. The van der Waals surface area contributed by atoms with E-state index in [-0.39, 0.29) is 42.9 Å². The summed E-state index contributed by atoms with van der Waals surface area (Å²) < 4.78 is 39.8. The van der Waals surface area contributed by atoms with E-state index in [1.807, 2.05) is 13.8 Å². The molecule has 1 saturated heterocycles. The van der Waals surface area contributed by atoms with Crippen molar-refractivity contribution in [2.75, 3.05) is 13.2 Å². The number of carbonyl (C=O) groups excluding carboxylic acids is 4. The van der Waals surface area contributed by atoms with Gasteiger partial charge in [0.25, 0.3) is 0 Å². The molecule has 1 aliphatic heterocycles. The molecule has 0 aromatic heterocycles. The molecule has 3 amide bonds. The predicted molar refractivity (Wildman–Crippen MR) is 171 cm³/mol. The first-order valence-corrected chi connectivity index (χ1v) is 17.1. The molecule has 0 radical (unpaired) electrons. The largest absolute Gasteiger partial charge is 0.463 e. The van der Waals surface area contributed by atoms with Gasteiger partial charge in [-0.15, -0.1) is 0 Å². The second-order valence-corrected chi connectivity index (χ2v) is 14.5. The minimum atomic E-state index is -4.00. The molecule has 4 N–H and O–H groups in total. The standard InChI is InChI=1S/C32H50N4O8S/c1-8-43-27(37)15-14-25(19-24-16-17-33-29(24)38)34-30(39)26(18-21(2)3)35-31(40)28(22(4)44-32(5,6)7)36-45(41,42)20-23-12-10-9-11-13-23/h9-15,21-22,24-26,28,36H,8,16-20H2,1-7H3,(H,33,38)(H,34,39)(H,35,40)/b15-14+/t22?,24-,25+,26-,28-/m0/s1. The predicted octanol–water partition coefficient (Wildman–Crippen LogP) is 2.34. The maximum atomic E-state index is 13.8. The van der Waals surface area contributed by atoms with E-state index in [2.05, 4.69) is 20.7 Å². The maximum absolute atomic E-state index is 13.8. The lowest BCUT2D eigenvalue weighted by molar-refractivity contribution is -0.137. The molecular formula is C32H50N4O8S. The molecule has 252 valence electrons. The highest BCUT2D eigenvalue weighted by molar-refractivity contribution is 7.88. The van der Waals surface area contributed by atoms with Crippen molar-refractivity contribution in [3.8, 4) is 0 Å². The van der Waals surface area contributed by atoms with Gasteiger partial charge in [0.2, 0.25) is 27.7 Å². The molecule has 1 aromatic rings. The van der Waals surface area contributed by atoms with Gasteiger partial charge in [-0.25, -0.2) is 13.2 Å². The Bertz CT molecular complexity index is 1280. The first-order chi connectivity index (χ1) is 21.0. The number of benzene rings is 1. The first kappa shape index (κ1) is 37.9. The Morgan fingerprint density at radius 2 is 1.73 bits per heavy atom. The average molecular weight is 651 g/mol. The molecule has 1 aliphatic rings. The van der Waals surface area contributed by atoms with Crippen LogP contribution in [-0.2, 0) is 44.4 Å². The van der Waals surface area contributed by atoms with Gasteiger partial charge in [0.15, 0.2) is 0 Å². The Hall–Kier alpha value is -3.29. The van der Waals surface area contributed by atoms with Crippen molar-refractivity contribution in [1.29, 1.82) is 0 Å². The highest BCUT2D eigenvalue weighted by atomic mass is 32.2. The normalized spacial score (nSPS) is 18.2. The summed E-state index contributed by atoms with van der Waals surface area (Å²) >= 11 is 0. The van der Waals surface area contributed by atoms with Crippen LogP contribution >= 0.6 is 0 Å². The molecule has 1 aromatic carbocycles. The lowest BCUT2D eigenvalue weighted by atomic mass is 9.96. The van der Waals surface area contributed by atoms with Crippen molar-refractivity contribution in [2.45, 2.75) is 103 Å². The Kier molecular flexibility index (Phi) is 14.7. The van der Waals surface area contributed by atoms with Gasteiger partial charge in [0.05, 0.1) is 24.1 Å². The van der Waals surface area contributed by atoms with Crippen molar-refractivity contribution in [3.63, 3.8) is 0 Å². The molecule has 1 unspecified atom stereocenters. The van der Waals surface area contributed by atoms with Crippen LogP contribution in [0.4, 0.5) is 0 Å². The Morgan fingerprint density at radius 1 is 1.07 bits per heavy atom. The number of hydrogen-bond donors (Lipinski definition) is 4. The summed E-state index contributed by atoms with van der Waals surface area (Å²) in [6.07, 6.45) is 2.87. The summed E-state index contributed by atoms with van der Waals surface area (Å²) in [7, 11) is -4.00. The minimum absolute atomic E-state index is 0.0216. The van der Waals surface area contributed by atoms with E-state index in [1.54, 1.807) is 65.0 Å². The van der Waals surface area contributed by atoms with Crippen LogP contribution in [0.25, 0.3) is 0 Å². The number of sulfonamides is 1. The van der Waals surface area contributed by atoms with Crippen LogP contribution in [0.15, 0.2) is 42.5 Å². The highest BCUT2D eigenvalue weighted by Gasteiger charge is 2.36. The minimum Gasteiger partial charge on any atom is -0.463 e. The van der Waals surface area contributed by atoms with Gasteiger partial charge in [0.1, 0.15) is 12.1 Å². The Morgan fingerprint density at radius 3 is 2.29 bits per heavy atom. The molecule has 0 saturated carbocycles. The topological polar surface area (TPSA) is 169 Å². The number of rotatable bonds is 17. The van der Waals surface area contributed by atoms with Crippen molar-refractivity contribution in [1.82, 2.24) is 20.7 Å². The number of nitrogens with one attached hydrogen (secondary N) is 4. The fraction of sp³-hybridized carbons (Fsp3) is 0.625. The summed E-state index contributed by atoms with van der Waals surface area (Å²) in [4.78, 5) is 51.7. The van der Waals surface area contributed by atoms with Gasteiger partial charge in [0, 0.05) is 24.6 Å². The SMILES string of the molecule is CCOC(=O)/C=C/[C@H](C[C@@H]1CCNC1=O)NC(=O)[C@H](CC(C)C)NC(=O)[C@@H](NS(=O)(=O)Cc1ccccc1)C(C)OC(C)(C)C. The zero-order valence-corrected chi connectivity index (χ0v) is 28.2. The quantitative estimate of drug-likeness (QED) is 0.147. The van der Waals surface area contributed by atoms with E-state index in [1.165, 1.54) is 12.2 Å². The van der Waals surface area contributed by atoms with E-state index >= 15 is 0 Å². The first-order valence-electron chi connectivity index (χ1n) is 15.4. The van der Waals surface area contributed by atoms with Gasteiger partial charge >= 0.3 is 5.97 Å². The van der Waals surface area contributed by atoms with Gasteiger partial charge in [-0.05, 0) is 65.4 Å². The number of ether oxygens (including phenoxy) is 2. The lowest BCUT2D eigenvalue weighted by Crippen LogP contribution is -2.59. The third-order valence-electron chi connectivity index (χ3n) is 6.92. The molecule has 5 atom stereocenters. The van der Waals surface area contributed by atoms with E-state index in [9.17, 15) is 27.6 Å². The molecule has 0 bridgehead atoms. The Balaban J connectivity index is 2.31. The van der Waals surface area contributed by atoms with Gasteiger partial charge in [-0.1, -0.05) is 50.3 Å². The number of hydrogen-bond acceptors (Lipinski definition) is 8. The van der Waals surface area contributed by atoms with Crippen LogP contribution in [0.5, 0.6) is 0 Å². The zero-order chi connectivity index (χ0) is 33.8. The molecule has 45 heavy (non-hydrogen) atoms. The van der Waals surface area contributed by atoms with Crippen LogP contribution in [0.2, 0.25) is 0 Å². The average Bonchev–Trinajstić information content (AvgIpc) is 3.33.